The van der Waals surface area contributed by atoms with Crippen molar-refractivity contribution in [3.63, 3.8) is 0 Å². The summed E-state index contributed by atoms with van der Waals surface area (Å²) >= 11 is 0. The molecule has 2 aromatic carbocycles. The van der Waals surface area contributed by atoms with Crippen molar-refractivity contribution in [1.82, 2.24) is 0 Å². The monoisotopic (exact) mass is 288 g/mol. The fraction of sp³-hybridized carbons (Fsp3) is 0.190. The summed E-state index contributed by atoms with van der Waals surface area (Å²) in [5.74, 6) is 0. The summed E-state index contributed by atoms with van der Waals surface area (Å²) < 4.78 is 2.18. The lowest BCUT2D eigenvalue weighted by atomic mass is 9.92. The van der Waals surface area contributed by atoms with Crippen molar-refractivity contribution in [2.24, 2.45) is 7.05 Å². The minimum Gasteiger partial charge on any atom is -0.201 e. The smallest absolute Gasteiger partial charge is 0.201 e. The van der Waals surface area contributed by atoms with Gasteiger partial charge in [-0.2, -0.15) is 0 Å². The molecule has 0 unspecified atom stereocenters. The van der Waals surface area contributed by atoms with E-state index in [2.05, 4.69) is 93.2 Å². The molecule has 0 amide bonds. The minimum atomic E-state index is 1.24. The second kappa shape index (κ2) is 5.76. The van der Waals surface area contributed by atoms with Crippen molar-refractivity contribution in [1.29, 1.82) is 0 Å². The highest BCUT2D eigenvalue weighted by Crippen LogP contribution is 2.31. The van der Waals surface area contributed by atoms with Gasteiger partial charge in [-0.05, 0) is 60.7 Å². The number of aryl methyl sites for hydroxylation is 4. The molecule has 0 radical (unpaired) electrons. The van der Waals surface area contributed by atoms with E-state index in [4.69, 9.17) is 0 Å². The number of pyridine rings is 1. The van der Waals surface area contributed by atoms with Crippen LogP contribution in [0.4, 0.5) is 0 Å². The molecule has 1 nitrogen and oxygen atoms in total. The molecule has 0 spiro atoms. The van der Waals surface area contributed by atoms with Crippen molar-refractivity contribution in [3.05, 3.63) is 77.5 Å². The van der Waals surface area contributed by atoms with E-state index in [1.165, 1.54) is 39.1 Å². The number of aromatic nitrogens is 1. The highest BCUT2D eigenvalue weighted by Gasteiger charge is 2.14. The summed E-state index contributed by atoms with van der Waals surface area (Å²) in [6.07, 6.45) is 2.10. The van der Waals surface area contributed by atoms with Crippen molar-refractivity contribution in [2.45, 2.75) is 20.8 Å². The van der Waals surface area contributed by atoms with Gasteiger partial charge in [-0.1, -0.05) is 30.3 Å². The Hall–Kier alpha value is -2.41. The topological polar surface area (TPSA) is 3.88 Å². The summed E-state index contributed by atoms with van der Waals surface area (Å²) in [5, 5.41) is 0. The maximum Gasteiger partial charge on any atom is 0.212 e. The molecule has 3 aromatic rings. The van der Waals surface area contributed by atoms with Gasteiger partial charge in [0, 0.05) is 17.7 Å². The molecule has 3 rings (SSSR count). The molecule has 0 saturated heterocycles. The summed E-state index contributed by atoms with van der Waals surface area (Å²) in [7, 11) is 2.10. The van der Waals surface area contributed by atoms with Crippen LogP contribution in [0.25, 0.3) is 22.4 Å². The third-order valence-corrected chi connectivity index (χ3v) is 4.34. The average molecular weight is 288 g/mol. The van der Waals surface area contributed by atoms with Gasteiger partial charge in [0.25, 0.3) is 0 Å². The lowest BCUT2D eigenvalue weighted by Crippen LogP contribution is -2.30. The zero-order chi connectivity index (χ0) is 15.7. The van der Waals surface area contributed by atoms with Crippen LogP contribution in [-0.2, 0) is 7.05 Å². The zero-order valence-electron chi connectivity index (χ0n) is 13.7. The predicted molar refractivity (Wildman–Crippen MR) is 92.7 cm³/mol. The molecule has 1 aromatic heterocycles. The zero-order valence-corrected chi connectivity index (χ0v) is 13.7. The van der Waals surface area contributed by atoms with Crippen molar-refractivity contribution < 1.29 is 4.57 Å². The van der Waals surface area contributed by atoms with Gasteiger partial charge in [-0.25, -0.2) is 4.57 Å². The summed E-state index contributed by atoms with van der Waals surface area (Å²) in [4.78, 5) is 0. The first-order valence-electron chi connectivity index (χ1n) is 7.70. The van der Waals surface area contributed by atoms with Crippen LogP contribution in [-0.4, -0.2) is 0 Å². The Morgan fingerprint density at radius 1 is 0.727 bits per heavy atom. The number of nitrogens with zero attached hydrogens (tertiary/aromatic N) is 1. The van der Waals surface area contributed by atoms with Gasteiger partial charge < -0.3 is 0 Å². The quantitative estimate of drug-likeness (QED) is 0.598. The van der Waals surface area contributed by atoms with Crippen LogP contribution in [0.2, 0.25) is 0 Å². The molecule has 0 saturated carbocycles. The Morgan fingerprint density at radius 2 is 1.45 bits per heavy atom. The fourth-order valence-corrected chi connectivity index (χ4v) is 3.13. The fourth-order valence-electron chi connectivity index (χ4n) is 3.13. The molecule has 0 fully saturated rings. The van der Waals surface area contributed by atoms with E-state index in [0.29, 0.717) is 0 Å². The molecular formula is C21H22N+. The van der Waals surface area contributed by atoms with Crippen molar-refractivity contribution in [2.75, 3.05) is 0 Å². The second-order valence-electron chi connectivity index (χ2n) is 5.99. The Labute approximate surface area is 132 Å². The molecule has 1 heterocycles. The maximum absolute atomic E-state index is 2.32. The molecule has 0 aliphatic heterocycles. The molecule has 22 heavy (non-hydrogen) atoms. The average Bonchev–Trinajstić information content (AvgIpc) is 2.49. The molecule has 0 bridgehead atoms. The van der Waals surface area contributed by atoms with Crippen LogP contribution in [0.3, 0.4) is 0 Å². The van der Waals surface area contributed by atoms with Crippen molar-refractivity contribution in [3.8, 4) is 22.4 Å². The maximum atomic E-state index is 2.32. The van der Waals surface area contributed by atoms with Gasteiger partial charge in [0.1, 0.15) is 7.05 Å². The molecular weight excluding hydrogens is 266 g/mol. The molecule has 0 aliphatic carbocycles. The molecule has 110 valence electrons. The van der Waals surface area contributed by atoms with Crippen molar-refractivity contribution >= 4 is 0 Å². The van der Waals surface area contributed by atoms with Gasteiger partial charge in [-0.3, -0.25) is 0 Å². The number of hydrogen-bond donors (Lipinski definition) is 0. The third kappa shape index (κ3) is 2.55. The Balaban J connectivity index is 2.22. The normalized spacial score (nSPS) is 10.7. The SMILES string of the molecule is Cc1ccc(-c2c(C)cccc2C)cc1-c1cccc[n+]1C. The number of benzene rings is 2. The first-order chi connectivity index (χ1) is 10.6. The van der Waals surface area contributed by atoms with E-state index in [-0.39, 0.29) is 0 Å². The summed E-state index contributed by atoms with van der Waals surface area (Å²) in [6.45, 7) is 6.55. The van der Waals surface area contributed by atoms with Crippen LogP contribution < -0.4 is 4.57 Å². The lowest BCUT2D eigenvalue weighted by Gasteiger charge is -2.12. The Bertz CT molecular complexity index is 811. The first-order valence-corrected chi connectivity index (χ1v) is 7.70. The van der Waals surface area contributed by atoms with E-state index in [0.717, 1.165) is 0 Å². The van der Waals surface area contributed by atoms with Crippen LogP contribution in [0.15, 0.2) is 60.8 Å². The van der Waals surface area contributed by atoms with Crippen LogP contribution in [0, 0.1) is 20.8 Å². The Kier molecular flexibility index (Phi) is 3.81. The number of rotatable bonds is 2. The second-order valence-corrected chi connectivity index (χ2v) is 5.99. The van der Waals surface area contributed by atoms with E-state index in [9.17, 15) is 0 Å². The van der Waals surface area contributed by atoms with E-state index >= 15 is 0 Å². The molecule has 0 aliphatic rings. The van der Waals surface area contributed by atoms with E-state index < -0.39 is 0 Å². The van der Waals surface area contributed by atoms with Crippen LogP contribution in [0.5, 0.6) is 0 Å². The van der Waals surface area contributed by atoms with E-state index in [1.807, 2.05) is 0 Å². The van der Waals surface area contributed by atoms with Gasteiger partial charge >= 0.3 is 0 Å². The highest BCUT2D eigenvalue weighted by molar-refractivity contribution is 5.76. The number of hydrogen-bond acceptors (Lipinski definition) is 0. The third-order valence-electron chi connectivity index (χ3n) is 4.34. The summed E-state index contributed by atoms with van der Waals surface area (Å²) in [5.41, 5.74) is 9.13. The van der Waals surface area contributed by atoms with Gasteiger partial charge in [-0.15, -0.1) is 0 Å². The largest absolute Gasteiger partial charge is 0.212 e. The van der Waals surface area contributed by atoms with Gasteiger partial charge in [0.15, 0.2) is 6.20 Å². The van der Waals surface area contributed by atoms with Crippen LogP contribution in [0.1, 0.15) is 16.7 Å². The molecule has 1 heteroatoms. The molecule has 0 N–H and O–H groups in total. The molecule has 0 atom stereocenters. The highest BCUT2D eigenvalue weighted by atomic mass is 14.9. The van der Waals surface area contributed by atoms with Gasteiger partial charge in [0.05, 0.1) is 0 Å². The first kappa shape index (κ1) is 14.5. The summed E-state index contributed by atoms with van der Waals surface area (Å²) in [6, 6.07) is 19.6. The standard InChI is InChI=1S/C21H22N/c1-15-11-12-18(21-16(2)8-7-9-17(21)3)14-19(15)20-10-5-6-13-22(20)4/h5-14H,1-4H3/q+1. The lowest BCUT2D eigenvalue weighted by molar-refractivity contribution is -0.660. The van der Waals surface area contributed by atoms with E-state index in [1.54, 1.807) is 0 Å². The van der Waals surface area contributed by atoms with Gasteiger partial charge in [0.2, 0.25) is 5.69 Å². The predicted octanol–water partition coefficient (Wildman–Crippen LogP) is 4.77. The van der Waals surface area contributed by atoms with Crippen LogP contribution >= 0.6 is 0 Å². The minimum absolute atomic E-state index is 1.24. The Morgan fingerprint density at radius 3 is 2.14 bits per heavy atom.